The second-order valence-corrected chi connectivity index (χ2v) is 11.1. The Balaban J connectivity index is 1.94. The number of rotatable bonds is 18. The summed E-state index contributed by atoms with van der Waals surface area (Å²) in [6.45, 7) is 10.2. The average Bonchev–Trinajstić information content (AvgIpc) is 3.07. The van der Waals surface area contributed by atoms with Crippen molar-refractivity contribution in [2.45, 2.75) is 91.9 Å². The van der Waals surface area contributed by atoms with E-state index in [4.69, 9.17) is 14.2 Å². The summed E-state index contributed by atoms with van der Waals surface area (Å²) in [5.41, 5.74) is 7.20. The molecule has 0 amide bonds. The normalized spacial score (nSPS) is 11.0. The van der Waals surface area contributed by atoms with Gasteiger partial charge in [-0.15, -0.1) is 0 Å². The van der Waals surface area contributed by atoms with Gasteiger partial charge in [0.25, 0.3) is 0 Å². The second kappa shape index (κ2) is 17.4. The highest BCUT2D eigenvalue weighted by Gasteiger charge is 2.25. The summed E-state index contributed by atoms with van der Waals surface area (Å²) in [4.78, 5) is 13.0. The quantitative estimate of drug-likeness (QED) is 0.107. The SMILES string of the molecule is CCCCCCOc1c(CC)cccc1-c1ccc(-c2ncncn2)c(OC)c1-c1cccc(CC)c1OCCCCCC. The predicted octanol–water partition coefficient (Wildman–Crippen LogP) is 9.92. The lowest BCUT2D eigenvalue weighted by Crippen LogP contribution is -2.05. The molecule has 0 aliphatic heterocycles. The molecule has 0 N–H and O–H groups in total. The molecule has 1 heterocycles. The lowest BCUT2D eigenvalue weighted by atomic mass is 9.88. The van der Waals surface area contributed by atoms with Crippen molar-refractivity contribution in [2.75, 3.05) is 20.3 Å². The molecule has 0 saturated carbocycles. The monoisotopic (exact) mass is 595 g/mol. The van der Waals surface area contributed by atoms with Crippen LogP contribution >= 0.6 is 0 Å². The smallest absolute Gasteiger partial charge is 0.166 e. The molecule has 0 aliphatic carbocycles. The molecule has 0 aliphatic rings. The van der Waals surface area contributed by atoms with Crippen LogP contribution < -0.4 is 14.2 Å². The van der Waals surface area contributed by atoms with Crippen molar-refractivity contribution in [1.29, 1.82) is 0 Å². The van der Waals surface area contributed by atoms with Crippen LogP contribution in [-0.2, 0) is 12.8 Å². The van der Waals surface area contributed by atoms with Gasteiger partial charge in [0, 0.05) is 16.7 Å². The third kappa shape index (κ3) is 7.96. The number of unbranched alkanes of at least 4 members (excludes halogenated alkanes) is 6. The summed E-state index contributed by atoms with van der Waals surface area (Å²) < 4.78 is 19.5. The number of aryl methyl sites for hydroxylation is 2. The molecule has 4 rings (SSSR count). The largest absolute Gasteiger partial charge is 0.495 e. The van der Waals surface area contributed by atoms with Gasteiger partial charge >= 0.3 is 0 Å². The second-order valence-electron chi connectivity index (χ2n) is 11.1. The van der Waals surface area contributed by atoms with Crippen LogP contribution in [0.15, 0.2) is 61.2 Å². The van der Waals surface area contributed by atoms with Gasteiger partial charge in [-0.2, -0.15) is 0 Å². The number of aromatic nitrogens is 3. The Morgan fingerprint density at radius 2 is 1.09 bits per heavy atom. The molecule has 3 aromatic carbocycles. The first-order valence-corrected chi connectivity index (χ1v) is 16.5. The number of ether oxygens (including phenoxy) is 3. The number of methoxy groups -OCH3 is 1. The van der Waals surface area contributed by atoms with Gasteiger partial charge in [-0.05, 0) is 48.4 Å². The Labute approximate surface area is 264 Å². The fourth-order valence-electron chi connectivity index (χ4n) is 5.72. The number of hydrogen-bond acceptors (Lipinski definition) is 6. The van der Waals surface area contributed by atoms with Crippen LogP contribution in [0.4, 0.5) is 0 Å². The Hall–Kier alpha value is -3.93. The van der Waals surface area contributed by atoms with E-state index in [1.54, 1.807) is 7.11 Å². The van der Waals surface area contributed by atoms with E-state index in [1.165, 1.54) is 55.9 Å². The van der Waals surface area contributed by atoms with Crippen molar-refractivity contribution >= 4 is 0 Å². The van der Waals surface area contributed by atoms with Gasteiger partial charge in [-0.25, -0.2) is 15.0 Å². The maximum Gasteiger partial charge on any atom is 0.166 e. The van der Waals surface area contributed by atoms with Gasteiger partial charge in [0.2, 0.25) is 0 Å². The molecule has 0 fully saturated rings. The lowest BCUT2D eigenvalue weighted by Gasteiger charge is -2.23. The number of para-hydroxylation sites is 2. The highest BCUT2D eigenvalue weighted by Crippen LogP contribution is 2.50. The standard InChI is InChI=1S/C38H49N3O3/c1-6-10-12-14-24-43-35-28(8-3)18-16-20-31(35)30-22-23-33(38-40-26-39-27-41-38)37(42-5)34(30)32-21-17-19-29(9-4)36(32)44-25-15-13-11-7-2/h16-23,26-27H,6-15,24-25H2,1-5H3. The van der Waals surface area contributed by atoms with E-state index in [2.05, 4.69) is 85.1 Å². The van der Waals surface area contributed by atoms with Crippen molar-refractivity contribution in [3.8, 4) is 50.9 Å². The Morgan fingerprint density at radius 3 is 1.64 bits per heavy atom. The van der Waals surface area contributed by atoms with Gasteiger partial charge in [-0.1, -0.05) is 109 Å². The first kappa shape index (κ1) is 33.0. The average molecular weight is 596 g/mol. The Kier molecular flexibility index (Phi) is 13.0. The first-order valence-electron chi connectivity index (χ1n) is 16.5. The van der Waals surface area contributed by atoms with Crippen molar-refractivity contribution in [3.63, 3.8) is 0 Å². The van der Waals surface area contributed by atoms with E-state index in [1.807, 2.05) is 6.07 Å². The van der Waals surface area contributed by atoms with Gasteiger partial charge < -0.3 is 14.2 Å². The Morgan fingerprint density at radius 1 is 0.545 bits per heavy atom. The molecule has 6 nitrogen and oxygen atoms in total. The minimum absolute atomic E-state index is 0.563. The lowest BCUT2D eigenvalue weighted by molar-refractivity contribution is 0.303. The minimum Gasteiger partial charge on any atom is -0.495 e. The van der Waals surface area contributed by atoms with E-state index in [0.29, 0.717) is 24.8 Å². The molecular weight excluding hydrogens is 546 g/mol. The van der Waals surface area contributed by atoms with E-state index >= 15 is 0 Å². The summed E-state index contributed by atoms with van der Waals surface area (Å²) in [7, 11) is 1.72. The fraction of sp³-hybridized carbons (Fsp3) is 0.447. The van der Waals surface area contributed by atoms with Gasteiger partial charge in [0.1, 0.15) is 29.9 Å². The molecule has 0 bridgehead atoms. The minimum atomic E-state index is 0.563. The number of hydrogen-bond donors (Lipinski definition) is 0. The van der Waals surface area contributed by atoms with Crippen molar-refractivity contribution in [3.05, 3.63) is 72.3 Å². The highest BCUT2D eigenvalue weighted by molar-refractivity contribution is 5.96. The zero-order valence-electron chi connectivity index (χ0n) is 27.3. The van der Waals surface area contributed by atoms with Gasteiger partial charge in [-0.3, -0.25) is 0 Å². The maximum absolute atomic E-state index is 6.65. The van der Waals surface area contributed by atoms with Crippen LogP contribution in [0.2, 0.25) is 0 Å². The molecular formula is C38H49N3O3. The Bertz CT molecular complexity index is 1460. The van der Waals surface area contributed by atoms with Crippen molar-refractivity contribution in [1.82, 2.24) is 15.0 Å². The molecule has 6 heteroatoms. The zero-order valence-corrected chi connectivity index (χ0v) is 27.3. The fourth-order valence-corrected chi connectivity index (χ4v) is 5.72. The van der Waals surface area contributed by atoms with Crippen LogP contribution in [-0.4, -0.2) is 35.3 Å². The maximum atomic E-state index is 6.65. The molecule has 1 aromatic heterocycles. The molecule has 234 valence electrons. The third-order valence-corrected chi connectivity index (χ3v) is 8.10. The molecule has 0 unspecified atom stereocenters. The topological polar surface area (TPSA) is 66.4 Å². The van der Waals surface area contributed by atoms with Crippen molar-refractivity contribution in [2.24, 2.45) is 0 Å². The van der Waals surface area contributed by atoms with Gasteiger partial charge in [0.05, 0.1) is 25.9 Å². The van der Waals surface area contributed by atoms with Crippen LogP contribution in [0.3, 0.4) is 0 Å². The number of nitrogens with zero attached hydrogens (tertiary/aromatic N) is 3. The summed E-state index contributed by atoms with van der Waals surface area (Å²) in [5, 5.41) is 0. The van der Waals surface area contributed by atoms with Crippen LogP contribution in [0, 0.1) is 0 Å². The number of benzene rings is 3. The molecule has 44 heavy (non-hydrogen) atoms. The van der Waals surface area contributed by atoms with Crippen LogP contribution in [0.5, 0.6) is 17.2 Å². The molecule has 0 spiro atoms. The molecule has 4 aromatic rings. The molecule has 0 saturated heterocycles. The highest BCUT2D eigenvalue weighted by atomic mass is 16.5. The summed E-state index contributed by atoms with van der Waals surface area (Å²) >= 11 is 0. The molecule has 0 radical (unpaired) electrons. The summed E-state index contributed by atoms with van der Waals surface area (Å²) in [6, 6.07) is 17.1. The molecule has 0 atom stereocenters. The summed E-state index contributed by atoms with van der Waals surface area (Å²) in [5.74, 6) is 3.12. The van der Waals surface area contributed by atoms with E-state index in [-0.39, 0.29) is 0 Å². The zero-order chi connectivity index (χ0) is 31.1. The van der Waals surface area contributed by atoms with E-state index in [0.717, 1.165) is 71.4 Å². The van der Waals surface area contributed by atoms with E-state index < -0.39 is 0 Å². The van der Waals surface area contributed by atoms with Crippen LogP contribution in [0.25, 0.3) is 33.6 Å². The van der Waals surface area contributed by atoms with Gasteiger partial charge in [0.15, 0.2) is 5.82 Å². The third-order valence-electron chi connectivity index (χ3n) is 8.10. The summed E-state index contributed by atoms with van der Waals surface area (Å²) in [6.07, 6.45) is 14.0. The van der Waals surface area contributed by atoms with E-state index in [9.17, 15) is 0 Å². The van der Waals surface area contributed by atoms with Crippen LogP contribution in [0.1, 0.15) is 90.2 Å². The predicted molar refractivity (Wildman–Crippen MR) is 181 cm³/mol. The van der Waals surface area contributed by atoms with Crippen molar-refractivity contribution < 1.29 is 14.2 Å². The first-order chi connectivity index (χ1) is 21.7.